The van der Waals surface area contributed by atoms with Crippen molar-refractivity contribution in [3.8, 4) is 5.75 Å². The van der Waals surface area contributed by atoms with Crippen molar-refractivity contribution < 1.29 is 9.90 Å². The minimum Gasteiger partial charge on any atom is -0.507 e. The topological polar surface area (TPSA) is 96.6 Å². The monoisotopic (exact) mass is 446 g/mol. The molecule has 4 aromatic rings. The first-order chi connectivity index (χ1) is 15.5. The van der Waals surface area contributed by atoms with E-state index >= 15 is 0 Å². The molecule has 1 amide bonds. The van der Waals surface area contributed by atoms with E-state index < -0.39 is 5.91 Å². The number of aromatic nitrogens is 2. The number of carbonyl (C=O) groups excluding carboxylic acids is 1. The second-order valence-electron chi connectivity index (χ2n) is 8.22. The van der Waals surface area contributed by atoms with Crippen LogP contribution in [0.4, 0.5) is 0 Å². The summed E-state index contributed by atoms with van der Waals surface area (Å²) in [5.41, 5.74) is 3.87. The third-order valence-electron chi connectivity index (χ3n) is 5.93. The molecule has 1 aliphatic carbocycles. The fourth-order valence-corrected chi connectivity index (χ4v) is 5.60. The molecule has 0 unspecified atom stereocenters. The third kappa shape index (κ3) is 3.67. The zero-order chi connectivity index (χ0) is 22.2. The zero-order valence-corrected chi connectivity index (χ0v) is 18.4. The lowest BCUT2D eigenvalue weighted by Gasteiger charge is -2.17. The molecule has 8 heteroatoms. The number of hydrogen-bond donors (Lipinski definition) is 2. The summed E-state index contributed by atoms with van der Waals surface area (Å²) >= 11 is 1.59. The Morgan fingerprint density at radius 1 is 1.34 bits per heavy atom. The number of aromatic hydroxyl groups is 1. The summed E-state index contributed by atoms with van der Waals surface area (Å²) in [5, 5.41) is 16.6. The van der Waals surface area contributed by atoms with Crippen molar-refractivity contribution in [3.63, 3.8) is 0 Å². The number of nitrogens with one attached hydrogen (secondary N) is 1. The van der Waals surface area contributed by atoms with Crippen LogP contribution in [0.2, 0.25) is 0 Å². The van der Waals surface area contributed by atoms with Crippen LogP contribution in [0.25, 0.3) is 21.0 Å². The van der Waals surface area contributed by atoms with Gasteiger partial charge in [0.1, 0.15) is 17.1 Å². The number of benzene rings is 2. The molecule has 1 atom stereocenters. The minimum absolute atomic E-state index is 0.0733. The Kier molecular flexibility index (Phi) is 5.22. The summed E-state index contributed by atoms with van der Waals surface area (Å²) in [6.45, 7) is 2.05. The van der Waals surface area contributed by atoms with Crippen LogP contribution >= 0.6 is 11.3 Å². The van der Waals surface area contributed by atoms with Gasteiger partial charge in [-0.1, -0.05) is 37.3 Å². The highest BCUT2D eigenvalue weighted by atomic mass is 32.1. The number of hydrazone groups is 1. The Morgan fingerprint density at radius 2 is 2.19 bits per heavy atom. The van der Waals surface area contributed by atoms with Crippen LogP contribution in [-0.2, 0) is 24.2 Å². The van der Waals surface area contributed by atoms with Gasteiger partial charge in [-0.05, 0) is 47.6 Å². The number of hydrogen-bond acceptors (Lipinski definition) is 6. The van der Waals surface area contributed by atoms with E-state index in [-0.39, 0.29) is 17.9 Å². The summed E-state index contributed by atoms with van der Waals surface area (Å²) in [4.78, 5) is 31.9. The van der Waals surface area contributed by atoms with Gasteiger partial charge in [-0.15, -0.1) is 11.3 Å². The molecule has 0 saturated heterocycles. The van der Waals surface area contributed by atoms with Crippen molar-refractivity contribution in [3.05, 3.63) is 69.1 Å². The van der Waals surface area contributed by atoms with E-state index in [0.717, 1.165) is 40.4 Å². The Balaban J connectivity index is 1.36. The number of carbonyl (C=O) groups is 1. The normalized spacial score (nSPS) is 16.0. The number of nitrogens with zero attached hydrogens (tertiary/aromatic N) is 3. The van der Waals surface area contributed by atoms with E-state index in [2.05, 4.69) is 22.4 Å². The molecule has 1 aliphatic rings. The highest BCUT2D eigenvalue weighted by Crippen LogP contribution is 2.35. The van der Waals surface area contributed by atoms with Crippen molar-refractivity contribution >= 4 is 44.4 Å². The molecular formula is C24H22N4O3S. The Morgan fingerprint density at radius 3 is 3.06 bits per heavy atom. The lowest BCUT2D eigenvalue weighted by atomic mass is 9.89. The molecule has 5 rings (SSSR count). The second-order valence-corrected chi connectivity index (χ2v) is 9.31. The SMILES string of the molecule is C[C@H]1CCc2c(sc3ncn(CC(=O)N/N=C/c4c(O)ccc5ccccc45)c(=O)c23)C1. The molecular weight excluding hydrogens is 424 g/mol. The number of rotatable bonds is 4. The van der Waals surface area contributed by atoms with Gasteiger partial charge in [-0.2, -0.15) is 5.10 Å². The van der Waals surface area contributed by atoms with E-state index in [1.54, 1.807) is 17.4 Å². The van der Waals surface area contributed by atoms with Crippen LogP contribution in [0.5, 0.6) is 5.75 Å². The molecule has 2 aromatic carbocycles. The molecule has 0 radical (unpaired) electrons. The lowest BCUT2D eigenvalue weighted by Crippen LogP contribution is -2.30. The summed E-state index contributed by atoms with van der Waals surface area (Å²) < 4.78 is 1.33. The molecule has 32 heavy (non-hydrogen) atoms. The number of phenols is 1. The minimum atomic E-state index is -0.443. The molecule has 2 heterocycles. The van der Waals surface area contributed by atoms with Gasteiger partial charge in [-0.25, -0.2) is 10.4 Å². The van der Waals surface area contributed by atoms with Gasteiger partial charge < -0.3 is 5.11 Å². The third-order valence-corrected chi connectivity index (χ3v) is 7.09. The van der Waals surface area contributed by atoms with Crippen molar-refractivity contribution in [1.82, 2.24) is 15.0 Å². The van der Waals surface area contributed by atoms with Crippen molar-refractivity contribution in [2.24, 2.45) is 11.0 Å². The Labute approximate surface area is 188 Å². The smallest absolute Gasteiger partial charge is 0.262 e. The van der Waals surface area contributed by atoms with Gasteiger partial charge >= 0.3 is 0 Å². The van der Waals surface area contributed by atoms with Crippen LogP contribution in [0, 0.1) is 5.92 Å². The Hall–Kier alpha value is -3.52. The van der Waals surface area contributed by atoms with Gasteiger partial charge in [0.2, 0.25) is 0 Å². The highest BCUT2D eigenvalue weighted by molar-refractivity contribution is 7.18. The van der Waals surface area contributed by atoms with Gasteiger partial charge in [0.05, 0.1) is 17.9 Å². The number of aryl methyl sites for hydroxylation is 1. The van der Waals surface area contributed by atoms with E-state index in [1.165, 1.54) is 22.0 Å². The summed E-state index contributed by atoms with van der Waals surface area (Å²) in [6, 6.07) is 11.0. The van der Waals surface area contributed by atoms with E-state index in [9.17, 15) is 14.7 Å². The zero-order valence-electron chi connectivity index (χ0n) is 17.5. The van der Waals surface area contributed by atoms with Crippen LogP contribution in [-0.4, -0.2) is 26.8 Å². The predicted octanol–water partition coefficient (Wildman–Crippen LogP) is 3.59. The quantitative estimate of drug-likeness (QED) is 0.370. The second kappa shape index (κ2) is 8.20. The fourth-order valence-electron chi connectivity index (χ4n) is 4.26. The summed E-state index contributed by atoms with van der Waals surface area (Å²) in [5.74, 6) is 0.244. The van der Waals surface area contributed by atoms with Crippen LogP contribution in [0.15, 0.2) is 52.6 Å². The number of amides is 1. The average molecular weight is 447 g/mol. The molecule has 0 fully saturated rings. The maximum absolute atomic E-state index is 13.0. The number of fused-ring (bicyclic) bond motifs is 4. The number of thiophene rings is 1. The van der Waals surface area contributed by atoms with E-state index in [4.69, 9.17) is 0 Å². The van der Waals surface area contributed by atoms with Gasteiger partial charge in [0, 0.05) is 10.4 Å². The predicted molar refractivity (Wildman–Crippen MR) is 126 cm³/mol. The summed E-state index contributed by atoms with van der Waals surface area (Å²) in [7, 11) is 0. The first kappa shape index (κ1) is 20.4. The van der Waals surface area contributed by atoms with Crippen molar-refractivity contribution in [2.45, 2.75) is 32.7 Å². The molecule has 0 spiro atoms. The average Bonchev–Trinajstić information content (AvgIpc) is 3.15. The molecule has 7 nitrogen and oxygen atoms in total. The standard InChI is InChI=1S/C24H22N4O3S/c1-14-6-8-17-20(10-14)32-23-22(17)24(31)28(13-25-23)12-21(30)27-26-11-18-16-5-3-2-4-15(16)7-9-19(18)29/h2-5,7,9,11,13-14,29H,6,8,10,12H2,1H3,(H,27,30)/b26-11+/t14-/m0/s1. The maximum atomic E-state index is 13.0. The Bertz CT molecular complexity index is 1440. The van der Waals surface area contributed by atoms with Crippen LogP contribution < -0.4 is 11.0 Å². The van der Waals surface area contributed by atoms with Gasteiger partial charge in [0.25, 0.3) is 11.5 Å². The molecule has 0 bridgehead atoms. The number of phenolic OH excluding ortho intramolecular Hbond substituents is 1. The highest BCUT2D eigenvalue weighted by Gasteiger charge is 2.23. The molecule has 0 saturated carbocycles. The molecule has 2 aromatic heterocycles. The lowest BCUT2D eigenvalue weighted by molar-refractivity contribution is -0.121. The van der Waals surface area contributed by atoms with Crippen molar-refractivity contribution in [1.29, 1.82) is 0 Å². The maximum Gasteiger partial charge on any atom is 0.262 e. The molecule has 162 valence electrons. The first-order valence-corrected chi connectivity index (χ1v) is 11.3. The van der Waals surface area contributed by atoms with Gasteiger partial charge in [-0.3, -0.25) is 14.2 Å². The molecule has 2 N–H and O–H groups in total. The van der Waals surface area contributed by atoms with Crippen molar-refractivity contribution in [2.75, 3.05) is 0 Å². The van der Waals surface area contributed by atoms with E-state index in [0.29, 0.717) is 16.9 Å². The molecule has 0 aliphatic heterocycles. The largest absolute Gasteiger partial charge is 0.507 e. The van der Waals surface area contributed by atoms with E-state index in [1.807, 2.05) is 30.3 Å². The summed E-state index contributed by atoms with van der Waals surface area (Å²) in [6.07, 6.45) is 5.75. The van der Waals surface area contributed by atoms with Crippen LogP contribution in [0.3, 0.4) is 0 Å². The van der Waals surface area contributed by atoms with Gasteiger partial charge in [0.15, 0.2) is 0 Å². The van der Waals surface area contributed by atoms with Crippen LogP contribution in [0.1, 0.15) is 29.3 Å². The first-order valence-electron chi connectivity index (χ1n) is 10.5. The fraction of sp³-hybridized carbons (Fsp3) is 0.250.